The van der Waals surface area contributed by atoms with Gasteiger partial charge in [-0.2, -0.15) is 4.98 Å². The van der Waals surface area contributed by atoms with Crippen LogP contribution in [0.5, 0.6) is 5.88 Å². The van der Waals surface area contributed by atoms with Gasteiger partial charge in [-0.3, -0.25) is 0 Å². The highest BCUT2D eigenvalue weighted by Gasteiger charge is 2.24. The number of aliphatic hydroxyl groups excluding tert-OH is 1. The van der Waals surface area contributed by atoms with Crippen molar-refractivity contribution in [1.29, 1.82) is 0 Å². The maximum atomic E-state index is 9.41. The van der Waals surface area contributed by atoms with Crippen LogP contribution in [-0.4, -0.2) is 33.8 Å². The molecule has 2 unspecified atom stereocenters. The van der Waals surface area contributed by atoms with E-state index in [0.717, 1.165) is 12.8 Å². The van der Waals surface area contributed by atoms with Gasteiger partial charge in [-0.05, 0) is 26.7 Å². The quantitative estimate of drug-likeness (QED) is 0.854. The van der Waals surface area contributed by atoms with Crippen molar-refractivity contribution in [3.63, 3.8) is 0 Å². The standard InChI is InChI=1S/C14H23N3O2/c1-10(2)19-13-7-8-15-14(17-13)16-12-6-4-3-5-11(12)9-18/h7-8,10-12,18H,3-6,9H2,1-2H3,(H,15,16,17). The summed E-state index contributed by atoms with van der Waals surface area (Å²) in [5.41, 5.74) is 0. The zero-order chi connectivity index (χ0) is 13.7. The molecule has 2 N–H and O–H groups in total. The molecule has 1 aliphatic rings. The Morgan fingerprint density at radius 1 is 1.42 bits per heavy atom. The van der Waals surface area contributed by atoms with E-state index in [9.17, 15) is 5.11 Å². The number of nitrogens with zero attached hydrogens (tertiary/aromatic N) is 2. The van der Waals surface area contributed by atoms with Gasteiger partial charge in [0, 0.05) is 30.8 Å². The molecule has 0 aliphatic heterocycles. The van der Waals surface area contributed by atoms with Gasteiger partial charge in [0.1, 0.15) is 0 Å². The largest absolute Gasteiger partial charge is 0.475 e. The first-order valence-corrected chi connectivity index (χ1v) is 7.06. The Balaban J connectivity index is 2.01. The summed E-state index contributed by atoms with van der Waals surface area (Å²) in [6, 6.07) is 2.02. The number of rotatable bonds is 5. The molecular formula is C14H23N3O2. The summed E-state index contributed by atoms with van der Waals surface area (Å²) >= 11 is 0. The smallest absolute Gasteiger partial charge is 0.226 e. The van der Waals surface area contributed by atoms with Crippen LogP contribution in [0, 0.1) is 5.92 Å². The van der Waals surface area contributed by atoms with E-state index >= 15 is 0 Å². The lowest BCUT2D eigenvalue weighted by molar-refractivity contribution is 0.177. The second-order valence-electron chi connectivity index (χ2n) is 5.36. The first-order valence-electron chi connectivity index (χ1n) is 7.06. The molecule has 5 heteroatoms. The van der Waals surface area contributed by atoms with E-state index in [1.54, 1.807) is 12.3 Å². The van der Waals surface area contributed by atoms with Crippen molar-refractivity contribution in [3.05, 3.63) is 12.3 Å². The predicted molar refractivity (Wildman–Crippen MR) is 74.3 cm³/mol. The molecule has 1 fully saturated rings. The summed E-state index contributed by atoms with van der Waals surface area (Å²) in [6.07, 6.45) is 6.31. The third-order valence-electron chi connectivity index (χ3n) is 3.44. The molecule has 1 aromatic heterocycles. The van der Waals surface area contributed by atoms with Crippen molar-refractivity contribution in [3.8, 4) is 5.88 Å². The van der Waals surface area contributed by atoms with Crippen LogP contribution in [0.25, 0.3) is 0 Å². The van der Waals surface area contributed by atoms with Crippen LogP contribution in [0.1, 0.15) is 39.5 Å². The number of nitrogens with one attached hydrogen (secondary N) is 1. The number of aliphatic hydroxyl groups is 1. The first-order chi connectivity index (χ1) is 9.19. The normalized spacial score (nSPS) is 23.4. The molecule has 1 aromatic rings. The van der Waals surface area contributed by atoms with Crippen molar-refractivity contribution in [1.82, 2.24) is 9.97 Å². The van der Waals surface area contributed by atoms with Gasteiger partial charge in [-0.25, -0.2) is 4.98 Å². The lowest BCUT2D eigenvalue weighted by atomic mass is 9.85. The number of aromatic nitrogens is 2. The highest BCUT2D eigenvalue weighted by atomic mass is 16.5. The Morgan fingerprint density at radius 2 is 2.21 bits per heavy atom. The van der Waals surface area contributed by atoms with Crippen molar-refractivity contribution in [2.75, 3.05) is 11.9 Å². The third kappa shape index (κ3) is 4.06. The summed E-state index contributed by atoms with van der Waals surface area (Å²) in [4.78, 5) is 8.58. The average Bonchev–Trinajstić information content (AvgIpc) is 2.39. The Bertz CT molecular complexity index is 398. The van der Waals surface area contributed by atoms with Gasteiger partial charge in [0.05, 0.1) is 6.10 Å². The second kappa shape index (κ2) is 6.70. The van der Waals surface area contributed by atoms with Crippen LogP contribution in [0.4, 0.5) is 5.95 Å². The second-order valence-corrected chi connectivity index (χ2v) is 5.36. The van der Waals surface area contributed by atoms with Gasteiger partial charge < -0.3 is 15.2 Å². The minimum absolute atomic E-state index is 0.0996. The Morgan fingerprint density at radius 3 is 2.95 bits per heavy atom. The molecular weight excluding hydrogens is 242 g/mol. The number of hydrogen-bond donors (Lipinski definition) is 2. The molecule has 0 amide bonds. The van der Waals surface area contributed by atoms with Crippen LogP contribution in [-0.2, 0) is 0 Å². The van der Waals surface area contributed by atoms with E-state index in [-0.39, 0.29) is 18.8 Å². The molecule has 5 nitrogen and oxygen atoms in total. The van der Waals surface area contributed by atoms with Gasteiger partial charge >= 0.3 is 0 Å². The van der Waals surface area contributed by atoms with Crippen LogP contribution >= 0.6 is 0 Å². The van der Waals surface area contributed by atoms with Crippen molar-refractivity contribution < 1.29 is 9.84 Å². The van der Waals surface area contributed by atoms with E-state index in [0.29, 0.717) is 17.7 Å². The molecule has 0 spiro atoms. The van der Waals surface area contributed by atoms with Crippen molar-refractivity contribution in [2.45, 2.75) is 51.7 Å². The molecule has 19 heavy (non-hydrogen) atoms. The maximum Gasteiger partial charge on any atom is 0.226 e. The van der Waals surface area contributed by atoms with Gasteiger partial charge in [0.15, 0.2) is 0 Å². The fraction of sp³-hybridized carbons (Fsp3) is 0.714. The topological polar surface area (TPSA) is 67.3 Å². The molecule has 2 rings (SSSR count). The Kier molecular flexibility index (Phi) is 4.96. The number of hydrogen-bond acceptors (Lipinski definition) is 5. The highest BCUT2D eigenvalue weighted by Crippen LogP contribution is 2.26. The van der Waals surface area contributed by atoms with Crippen LogP contribution in [0.15, 0.2) is 12.3 Å². The summed E-state index contributed by atoms with van der Waals surface area (Å²) in [6.45, 7) is 4.16. The van der Waals surface area contributed by atoms with Gasteiger partial charge in [0.2, 0.25) is 11.8 Å². The monoisotopic (exact) mass is 265 g/mol. The van der Waals surface area contributed by atoms with Crippen LogP contribution in [0.2, 0.25) is 0 Å². The Labute approximate surface area is 114 Å². The third-order valence-corrected chi connectivity index (χ3v) is 3.44. The lowest BCUT2D eigenvalue weighted by Crippen LogP contribution is -2.34. The predicted octanol–water partition coefficient (Wildman–Crippen LogP) is 2.23. The molecule has 106 valence electrons. The maximum absolute atomic E-state index is 9.41. The minimum atomic E-state index is 0.0996. The first kappa shape index (κ1) is 14.1. The Hall–Kier alpha value is -1.36. The van der Waals surface area contributed by atoms with Crippen molar-refractivity contribution in [2.24, 2.45) is 5.92 Å². The minimum Gasteiger partial charge on any atom is -0.475 e. The average molecular weight is 265 g/mol. The van der Waals surface area contributed by atoms with Gasteiger partial charge in [-0.15, -0.1) is 0 Å². The molecule has 0 aromatic carbocycles. The molecule has 1 heterocycles. The van der Waals surface area contributed by atoms with Crippen LogP contribution in [0.3, 0.4) is 0 Å². The molecule has 1 aliphatic carbocycles. The zero-order valence-corrected chi connectivity index (χ0v) is 11.7. The summed E-state index contributed by atoms with van der Waals surface area (Å²) in [7, 11) is 0. The fourth-order valence-electron chi connectivity index (χ4n) is 2.50. The molecule has 0 saturated heterocycles. The highest BCUT2D eigenvalue weighted by molar-refractivity contribution is 5.29. The summed E-state index contributed by atoms with van der Waals surface area (Å²) < 4.78 is 5.56. The van der Waals surface area contributed by atoms with Gasteiger partial charge in [0.25, 0.3) is 0 Å². The SMILES string of the molecule is CC(C)Oc1ccnc(NC2CCCCC2CO)n1. The van der Waals surface area contributed by atoms with E-state index in [1.807, 2.05) is 13.8 Å². The molecule has 0 bridgehead atoms. The summed E-state index contributed by atoms with van der Waals surface area (Å²) in [5.74, 6) is 1.47. The van der Waals surface area contributed by atoms with E-state index in [1.165, 1.54) is 12.8 Å². The fourth-order valence-corrected chi connectivity index (χ4v) is 2.50. The zero-order valence-electron chi connectivity index (χ0n) is 11.7. The number of ether oxygens (including phenoxy) is 1. The summed E-state index contributed by atoms with van der Waals surface area (Å²) in [5, 5.41) is 12.7. The van der Waals surface area contributed by atoms with Gasteiger partial charge in [-0.1, -0.05) is 12.8 Å². The van der Waals surface area contributed by atoms with Crippen LogP contribution < -0.4 is 10.1 Å². The molecule has 1 saturated carbocycles. The molecule has 0 radical (unpaired) electrons. The van der Waals surface area contributed by atoms with Crippen molar-refractivity contribution >= 4 is 5.95 Å². The lowest BCUT2D eigenvalue weighted by Gasteiger charge is -2.30. The van der Waals surface area contributed by atoms with E-state index in [2.05, 4.69) is 15.3 Å². The molecule has 2 atom stereocenters. The van der Waals surface area contributed by atoms with E-state index < -0.39 is 0 Å². The van der Waals surface area contributed by atoms with E-state index in [4.69, 9.17) is 4.74 Å². The number of anilines is 1.